The van der Waals surface area contributed by atoms with Crippen molar-refractivity contribution in [3.05, 3.63) is 0 Å². The molecule has 0 saturated carbocycles. The Balaban J connectivity index is 4.21. The molecule has 12 heavy (non-hydrogen) atoms. The Labute approximate surface area is 73.0 Å². The van der Waals surface area contributed by atoms with Crippen LogP contribution in [0.1, 0.15) is 19.8 Å². The molecule has 0 aromatic carbocycles. The van der Waals surface area contributed by atoms with Crippen LogP contribution in [0.25, 0.3) is 0 Å². The number of hydrogen-bond donors (Lipinski definition) is 4. The van der Waals surface area contributed by atoms with Crippen LogP contribution in [-0.4, -0.2) is 40.7 Å². The summed E-state index contributed by atoms with van der Waals surface area (Å²) >= 11 is 0. The summed E-state index contributed by atoms with van der Waals surface area (Å²) in [7, 11) is 0. The van der Waals surface area contributed by atoms with E-state index in [1.165, 1.54) is 0 Å². The maximum Gasteiger partial charge on any atom is 0.0673 e. The Bertz CT molecular complexity index is 115. The summed E-state index contributed by atoms with van der Waals surface area (Å²) < 4.78 is 0. The number of aliphatic hydroxyl groups excluding tert-OH is 3. The molecule has 0 aliphatic rings. The molecule has 0 radical (unpaired) electrons. The summed E-state index contributed by atoms with van der Waals surface area (Å²) in [5.74, 6) is -0.225. The van der Waals surface area contributed by atoms with Crippen LogP contribution in [0.3, 0.4) is 0 Å². The minimum Gasteiger partial charge on any atom is -0.396 e. The Kier molecular flexibility index (Phi) is 5.41. The van der Waals surface area contributed by atoms with Gasteiger partial charge in [0, 0.05) is 12.5 Å². The zero-order chi connectivity index (χ0) is 9.61. The van der Waals surface area contributed by atoms with Crippen molar-refractivity contribution >= 4 is 0 Å². The zero-order valence-electron chi connectivity index (χ0n) is 7.53. The summed E-state index contributed by atoms with van der Waals surface area (Å²) in [6.07, 6.45) is 1.60. The average Bonchev–Trinajstić information content (AvgIpc) is 2.13. The lowest BCUT2D eigenvalue weighted by Crippen LogP contribution is -2.55. The molecule has 0 aliphatic carbocycles. The molecule has 0 amide bonds. The molecule has 4 heteroatoms. The van der Waals surface area contributed by atoms with Crippen molar-refractivity contribution in [1.82, 2.24) is 0 Å². The van der Waals surface area contributed by atoms with Crippen molar-refractivity contribution in [2.45, 2.75) is 25.3 Å². The predicted molar refractivity (Wildman–Crippen MR) is 46.6 cm³/mol. The minimum atomic E-state index is -1.04. The van der Waals surface area contributed by atoms with Gasteiger partial charge in [-0.2, -0.15) is 0 Å². The number of nitrogens with two attached hydrogens (primary N) is 1. The molecule has 0 rings (SSSR count). The van der Waals surface area contributed by atoms with Gasteiger partial charge in [-0.15, -0.1) is 0 Å². The van der Waals surface area contributed by atoms with Gasteiger partial charge >= 0.3 is 0 Å². The van der Waals surface area contributed by atoms with Crippen molar-refractivity contribution in [2.24, 2.45) is 11.7 Å². The Morgan fingerprint density at radius 3 is 2.00 bits per heavy atom. The van der Waals surface area contributed by atoms with Crippen LogP contribution in [-0.2, 0) is 0 Å². The first-order valence-electron chi connectivity index (χ1n) is 4.26. The molecule has 0 aliphatic heterocycles. The lowest BCUT2D eigenvalue weighted by molar-refractivity contribution is 0.0427. The maximum atomic E-state index is 8.95. The van der Waals surface area contributed by atoms with Gasteiger partial charge in [-0.3, -0.25) is 0 Å². The van der Waals surface area contributed by atoms with Gasteiger partial charge in [-0.1, -0.05) is 13.3 Å². The van der Waals surface area contributed by atoms with Crippen LogP contribution in [0.15, 0.2) is 0 Å². The van der Waals surface area contributed by atoms with E-state index in [4.69, 9.17) is 21.1 Å². The Hall–Kier alpha value is -0.160. The van der Waals surface area contributed by atoms with E-state index >= 15 is 0 Å². The van der Waals surface area contributed by atoms with Crippen LogP contribution < -0.4 is 5.73 Å². The SMILES string of the molecule is CCCC(CO)C(N)(CO)CO. The molecule has 74 valence electrons. The molecule has 0 aromatic rings. The van der Waals surface area contributed by atoms with Crippen LogP contribution in [0.2, 0.25) is 0 Å². The average molecular weight is 177 g/mol. The second-order valence-corrected chi connectivity index (χ2v) is 3.22. The fraction of sp³-hybridized carbons (Fsp3) is 1.00. The van der Waals surface area contributed by atoms with E-state index in [0.29, 0.717) is 6.42 Å². The molecule has 0 aromatic heterocycles. The molecule has 0 fully saturated rings. The van der Waals surface area contributed by atoms with Gasteiger partial charge in [-0.05, 0) is 6.42 Å². The standard InChI is InChI=1S/C8H19NO3/c1-2-3-7(4-10)8(9,5-11)6-12/h7,10-12H,2-6,9H2,1H3. The van der Waals surface area contributed by atoms with E-state index in [1.807, 2.05) is 6.92 Å². The molecule has 5 N–H and O–H groups in total. The first-order chi connectivity index (χ1) is 5.64. The first-order valence-corrected chi connectivity index (χ1v) is 4.26. The maximum absolute atomic E-state index is 8.95. The van der Waals surface area contributed by atoms with Gasteiger partial charge in [0.05, 0.1) is 18.8 Å². The molecule has 0 spiro atoms. The number of rotatable bonds is 6. The molecule has 0 saturated heterocycles. The van der Waals surface area contributed by atoms with Gasteiger partial charge < -0.3 is 21.1 Å². The summed E-state index contributed by atoms with van der Waals surface area (Å²) in [6.45, 7) is 1.28. The number of hydrogen-bond acceptors (Lipinski definition) is 4. The van der Waals surface area contributed by atoms with E-state index in [-0.39, 0.29) is 25.7 Å². The lowest BCUT2D eigenvalue weighted by Gasteiger charge is -2.32. The van der Waals surface area contributed by atoms with Crippen LogP contribution in [0.4, 0.5) is 0 Å². The predicted octanol–water partition coefficient (Wildman–Crippen LogP) is -0.923. The highest BCUT2D eigenvalue weighted by atomic mass is 16.3. The van der Waals surface area contributed by atoms with E-state index in [0.717, 1.165) is 6.42 Å². The van der Waals surface area contributed by atoms with Crippen molar-refractivity contribution < 1.29 is 15.3 Å². The third-order valence-corrected chi connectivity index (χ3v) is 2.26. The molecular weight excluding hydrogens is 158 g/mol. The molecular formula is C8H19NO3. The normalized spacial score (nSPS) is 14.8. The lowest BCUT2D eigenvalue weighted by atomic mass is 9.83. The third kappa shape index (κ3) is 2.71. The van der Waals surface area contributed by atoms with E-state index in [1.54, 1.807) is 0 Å². The fourth-order valence-electron chi connectivity index (χ4n) is 1.22. The van der Waals surface area contributed by atoms with E-state index in [2.05, 4.69) is 0 Å². The van der Waals surface area contributed by atoms with Gasteiger partial charge in [0.2, 0.25) is 0 Å². The molecule has 0 heterocycles. The van der Waals surface area contributed by atoms with Crippen molar-refractivity contribution in [2.75, 3.05) is 19.8 Å². The van der Waals surface area contributed by atoms with Crippen molar-refractivity contribution in [1.29, 1.82) is 0 Å². The zero-order valence-corrected chi connectivity index (χ0v) is 7.53. The smallest absolute Gasteiger partial charge is 0.0673 e. The molecule has 4 nitrogen and oxygen atoms in total. The quantitative estimate of drug-likeness (QED) is 0.422. The topological polar surface area (TPSA) is 86.7 Å². The van der Waals surface area contributed by atoms with Crippen LogP contribution in [0.5, 0.6) is 0 Å². The summed E-state index contributed by atoms with van der Waals surface area (Å²) in [6, 6.07) is 0. The van der Waals surface area contributed by atoms with Gasteiger partial charge in [-0.25, -0.2) is 0 Å². The second-order valence-electron chi connectivity index (χ2n) is 3.22. The van der Waals surface area contributed by atoms with Gasteiger partial charge in [0.25, 0.3) is 0 Å². The van der Waals surface area contributed by atoms with Gasteiger partial charge in [0.1, 0.15) is 0 Å². The van der Waals surface area contributed by atoms with E-state index in [9.17, 15) is 0 Å². The molecule has 0 bridgehead atoms. The highest BCUT2D eigenvalue weighted by Crippen LogP contribution is 2.18. The van der Waals surface area contributed by atoms with Crippen molar-refractivity contribution in [3.63, 3.8) is 0 Å². The monoisotopic (exact) mass is 177 g/mol. The van der Waals surface area contributed by atoms with Crippen LogP contribution in [0, 0.1) is 5.92 Å². The fourth-order valence-corrected chi connectivity index (χ4v) is 1.22. The third-order valence-electron chi connectivity index (χ3n) is 2.26. The van der Waals surface area contributed by atoms with Crippen molar-refractivity contribution in [3.8, 4) is 0 Å². The van der Waals surface area contributed by atoms with Crippen LogP contribution >= 0.6 is 0 Å². The first kappa shape index (κ1) is 11.8. The number of aliphatic hydroxyl groups is 3. The highest BCUT2D eigenvalue weighted by Gasteiger charge is 2.32. The summed E-state index contributed by atoms with van der Waals surface area (Å²) in [5, 5.41) is 26.8. The Morgan fingerprint density at radius 2 is 1.75 bits per heavy atom. The summed E-state index contributed by atoms with van der Waals surface area (Å²) in [4.78, 5) is 0. The Morgan fingerprint density at radius 1 is 1.25 bits per heavy atom. The highest BCUT2D eigenvalue weighted by molar-refractivity contribution is 4.89. The summed E-state index contributed by atoms with van der Waals surface area (Å²) in [5.41, 5.74) is 4.64. The second kappa shape index (κ2) is 5.48. The largest absolute Gasteiger partial charge is 0.396 e. The molecule has 1 unspecified atom stereocenters. The molecule has 1 atom stereocenters. The van der Waals surface area contributed by atoms with E-state index < -0.39 is 5.54 Å². The minimum absolute atomic E-state index is 0.0918. The van der Waals surface area contributed by atoms with Gasteiger partial charge in [0.15, 0.2) is 0 Å².